The maximum atomic E-state index is 13.4. The number of rotatable bonds is 5. The van der Waals surface area contributed by atoms with E-state index in [0.29, 0.717) is 28.4 Å². The zero-order chi connectivity index (χ0) is 25.9. The molecule has 1 aliphatic heterocycles. The van der Waals surface area contributed by atoms with Crippen LogP contribution in [0.3, 0.4) is 0 Å². The molecule has 0 spiro atoms. The smallest absolute Gasteiger partial charge is 0.270 e. The standard InChI is InChI=1S/C27H24N4O4S/c1-27(2,3)25(34)29-22-13-14-28-16-17(22)15-21-23(32)30-26(36)31(24(21)33)18-9-11-20(12-10-18)35-19-7-5-4-6-8-19/h4-16H,1-3H3,(H,28,29,34)(H,30,32,36). The molecule has 0 radical (unpaired) electrons. The third-order valence-corrected chi connectivity index (χ3v) is 5.54. The summed E-state index contributed by atoms with van der Waals surface area (Å²) in [7, 11) is 0. The second kappa shape index (κ2) is 10.1. The quantitative estimate of drug-likeness (QED) is 0.300. The maximum Gasteiger partial charge on any atom is 0.270 e. The molecule has 8 nitrogen and oxygen atoms in total. The van der Waals surface area contributed by atoms with E-state index in [0.717, 1.165) is 0 Å². The van der Waals surface area contributed by atoms with Crippen LogP contribution in [-0.2, 0) is 14.4 Å². The van der Waals surface area contributed by atoms with Gasteiger partial charge in [0.05, 0.1) is 11.4 Å². The van der Waals surface area contributed by atoms with Gasteiger partial charge in [-0.15, -0.1) is 0 Å². The molecule has 0 atom stereocenters. The summed E-state index contributed by atoms with van der Waals surface area (Å²) in [5.74, 6) is -0.194. The van der Waals surface area contributed by atoms with Gasteiger partial charge in [0.25, 0.3) is 11.8 Å². The SMILES string of the molecule is CC(C)(C)C(=O)Nc1ccncc1C=C1C(=O)NC(=S)N(c2ccc(Oc3ccccc3)cc2)C1=O. The monoisotopic (exact) mass is 500 g/mol. The van der Waals surface area contributed by atoms with Gasteiger partial charge >= 0.3 is 0 Å². The molecular formula is C27H24N4O4S. The van der Waals surface area contributed by atoms with Crippen LogP contribution in [0.25, 0.3) is 6.08 Å². The van der Waals surface area contributed by atoms with Crippen LogP contribution in [0.5, 0.6) is 11.5 Å². The van der Waals surface area contributed by atoms with E-state index in [9.17, 15) is 14.4 Å². The zero-order valence-corrected chi connectivity index (χ0v) is 20.8. The van der Waals surface area contributed by atoms with Crippen LogP contribution in [0.15, 0.2) is 78.6 Å². The minimum absolute atomic E-state index is 0.0358. The third-order valence-electron chi connectivity index (χ3n) is 5.26. The largest absolute Gasteiger partial charge is 0.457 e. The van der Waals surface area contributed by atoms with Gasteiger partial charge in [-0.3, -0.25) is 29.6 Å². The normalized spacial score (nSPS) is 15.0. The summed E-state index contributed by atoms with van der Waals surface area (Å²) in [6, 6.07) is 17.7. The molecule has 1 aromatic heterocycles. The van der Waals surface area contributed by atoms with Crippen LogP contribution in [0.2, 0.25) is 0 Å². The summed E-state index contributed by atoms with van der Waals surface area (Å²) in [5.41, 5.74) is 0.523. The molecule has 0 saturated carbocycles. The Morgan fingerprint density at radius 1 is 1.03 bits per heavy atom. The molecular weight excluding hydrogens is 476 g/mol. The average molecular weight is 501 g/mol. The number of hydrogen-bond donors (Lipinski definition) is 2. The minimum Gasteiger partial charge on any atom is -0.457 e. The van der Waals surface area contributed by atoms with E-state index < -0.39 is 17.2 Å². The lowest BCUT2D eigenvalue weighted by molar-refractivity contribution is -0.123. The Kier molecular flexibility index (Phi) is 6.93. The van der Waals surface area contributed by atoms with Gasteiger partial charge in [-0.05, 0) is 60.8 Å². The van der Waals surface area contributed by atoms with E-state index in [1.807, 2.05) is 30.3 Å². The van der Waals surface area contributed by atoms with E-state index in [4.69, 9.17) is 17.0 Å². The first-order chi connectivity index (χ1) is 17.1. The van der Waals surface area contributed by atoms with Gasteiger partial charge in [-0.25, -0.2) is 0 Å². The molecule has 4 rings (SSSR count). The molecule has 0 unspecified atom stereocenters. The Bertz CT molecular complexity index is 1360. The number of nitrogens with zero attached hydrogens (tertiary/aromatic N) is 2. The molecule has 2 heterocycles. The lowest BCUT2D eigenvalue weighted by atomic mass is 9.95. The molecule has 3 aromatic rings. The number of hydrogen-bond acceptors (Lipinski definition) is 6. The lowest BCUT2D eigenvalue weighted by Gasteiger charge is -2.29. The number of carbonyl (C=O) groups excluding carboxylic acids is 3. The number of pyridine rings is 1. The van der Waals surface area contributed by atoms with Crippen molar-refractivity contribution in [3.8, 4) is 11.5 Å². The molecule has 1 aliphatic rings. The fourth-order valence-corrected chi connectivity index (χ4v) is 3.56. The number of benzene rings is 2. The van der Waals surface area contributed by atoms with E-state index in [2.05, 4.69) is 15.6 Å². The highest BCUT2D eigenvalue weighted by Crippen LogP contribution is 2.28. The first kappa shape index (κ1) is 24.7. The summed E-state index contributed by atoms with van der Waals surface area (Å²) in [6.45, 7) is 5.36. The summed E-state index contributed by atoms with van der Waals surface area (Å²) in [6.07, 6.45) is 4.38. The molecule has 3 amide bonds. The molecule has 9 heteroatoms. The fourth-order valence-electron chi connectivity index (χ4n) is 3.28. The van der Waals surface area contributed by atoms with Crippen molar-refractivity contribution in [3.05, 3.63) is 84.2 Å². The number of aromatic nitrogens is 1. The average Bonchev–Trinajstić information content (AvgIpc) is 2.83. The van der Waals surface area contributed by atoms with Crippen LogP contribution in [0.4, 0.5) is 11.4 Å². The fraction of sp³-hybridized carbons (Fsp3) is 0.148. The van der Waals surface area contributed by atoms with Gasteiger partial charge in [0.1, 0.15) is 17.1 Å². The summed E-state index contributed by atoms with van der Waals surface area (Å²) in [4.78, 5) is 43.9. The highest BCUT2D eigenvalue weighted by Gasteiger charge is 2.34. The lowest BCUT2D eigenvalue weighted by Crippen LogP contribution is -2.54. The highest BCUT2D eigenvalue weighted by molar-refractivity contribution is 7.80. The van der Waals surface area contributed by atoms with Crippen molar-refractivity contribution in [1.29, 1.82) is 0 Å². The summed E-state index contributed by atoms with van der Waals surface area (Å²) in [5, 5.41) is 5.35. The maximum absolute atomic E-state index is 13.4. The zero-order valence-electron chi connectivity index (χ0n) is 19.9. The van der Waals surface area contributed by atoms with Gasteiger partial charge in [0.2, 0.25) is 5.91 Å². The van der Waals surface area contributed by atoms with Gasteiger partial charge in [0, 0.05) is 23.4 Å². The van der Waals surface area contributed by atoms with Crippen molar-refractivity contribution in [1.82, 2.24) is 10.3 Å². The van der Waals surface area contributed by atoms with Crippen LogP contribution in [-0.4, -0.2) is 27.8 Å². The highest BCUT2D eigenvalue weighted by atomic mass is 32.1. The van der Waals surface area contributed by atoms with E-state index in [1.165, 1.54) is 23.4 Å². The number of nitrogens with one attached hydrogen (secondary N) is 2. The molecule has 2 aromatic carbocycles. The van der Waals surface area contributed by atoms with Crippen LogP contribution < -0.4 is 20.3 Å². The minimum atomic E-state index is -0.637. The molecule has 1 fully saturated rings. The van der Waals surface area contributed by atoms with Crippen LogP contribution >= 0.6 is 12.2 Å². The van der Waals surface area contributed by atoms with Crippen LogP contribution in [0.1, 0.15) is 26.3 Å². The molecule has 0 bridgehead atoms. The van der Waals surface area contributed by atoms with Gasteiger partial charge in [-0.1, -0.05) is 39.0 Å². The number of thiocarbonyl (C=S) groups is 1. The Morgan fingerprint density at radius 3 is 2.36 bits per heavy atom. The number of para-hydroxylation sites is 1. The number of carbonyl (C=O) groups is 3. The van der Waals surface area contributed by atoms with Crippen molar-refractivity contribution < 1.29 is 19.1 Å². The number of anilines is 2. The Morgan fingerprint density at radius 2 is 1.69 bits per heavy atom. The Balaban J connectivity index is 1.61. The molecule has 0 aliphatic carbocycles. The van der Waals surface area contributed by atoms with Crippen LogP contribution in [0, 0.1) is 5.41 Å². The first-order valence-electron chi connectivity index (χ1n) is 11.1. The van der Waals surface area contributed by atoms with Crippen molar-refractivity contribution in [2.75, 3.05) is 10.2 Å². The number of amides is 3. The van der Waals surface area contributed by atoms with E-state index >= 15 is 0 Å². The van der Waals surface area contributed by atoms with E-state index in [-0.39, 0.29) is 16.6 Å². The predicted molar refractivity (Wildman–Crippen MR) is 141 cm³/mol. The predicted octanol–water partition coefficient (Wildman–Crippen LogP) is 4.69. The topological polar surface area (TPSA) is 101 Å². The Hall–Kier alpha value is -4.37. The molecule has 182 valence electrons. The summed E-state index contributed by atoms with van der Waals surface area (Å²) < 4.78 is 5.80. The van der Waals surface area contributed by atoms with Crippen molar-refractivity contribution in [3.63, 3.8) is 0 Å². The van der Waals surface area contributed by atoms with Gasteiger partial charge < -0.3 is 10.1 Å². The Labute approximate surface area is 214 Å². The van der Waals surface area contributed by atoms with Gasteiger partial charge in [-0.2, -0.15) is 0 Å². The van der Waals surface area contributed by atoms with Gasteiger partial charge in [0.15, 0.2) is 5.11 Å². The number of ether oxygens (including phenoxy) is 1. The van der Waals surface area contributed by atoms with Crippen molar-refractivity contribution >= 4 is 52.5 Å². The molecule has 1 saturated heterocycles. The third kappa shape index (κ3) is 5.47. The van der Waals surface area contributed by atoms with Crippen molar-refractivity contribution in [2.24, 2.45) is 5.41 Å². The summed E-state index contributed by atoms with van der Waals surface area (Å²) >= 11 is 5.29. The second-order valence-corrected chi connectivity index (χ2v) is 9.42. The first-order valence-corrected chi connectivity index (χ1v) is 11.5. The van der Waals surface area contributed by atoms with E-state index in [1.54, 1.807) is 51.1 Å². The molecule has 2 N–H and O–H groups in total. The van der Waals surface area contributed by atoms with Crippen molar-refractivity contribution in [2.45, 2.75) is 20.8 Å². The second-order valence-electron chi connectivity index (χ2n) is 9.03. The molecule has 36 heavy (non-hydrogen) atoms.